The number of ether oxygens (including phenoxy) is 1. The molecule has 10 heteroatoms. The number of nitrogens with one attached hydrogen (secondary N) is 1. The van der Waals surface area contributed by atoms with Gasteiger partial charge in [-0.15, -0.1) is 0 Å². The Morgan fingerprint density at radius 1 is 1.38 bits per heavy atom. The lowest BCUT2D eigenvalue weighted by Gasteiger charge is -2.31. The van der Waals surface area contributed by atoms with E-state index in [9.17, 15) is 13.2 Å². The number of rotatable bonds is 4. The maximum Gasteiger partial charge on any atom is 0.343 e. The molecule has 8 nitrogen and oxygen atoms in total. The van der Waals surface area contributed by atoms with Gasteiger partial charge in [0.1, 0.15) is 11.4 Å². The van der Waals surface area contributed by atoms with Crippen molar-refractivity contribution in [2.24, 2.45) is 0 Å². The van der Waals surface area contributed by atoms with Gasteiger partial charge in [-0.2, -0.15) is 4.98 Å². The molecule has 0 fully saturated rings. The Balaban J connectivity index is 2.11. The predicted octanol–water partition coefficient (Wildman–Crippen LogP) is 2.37. The van der Waals surface area contributed by atoms with Gasteiger partial charge < -0.3 is 10.1 Å². The third-order valence-electron chi connectivity index (χ3n) is 3.99. The highest BCUT2D eigenvalue weighted by Crippen LogP contribution is 2.37. The van der Waals surface area contributed by atoms with Crippen LogP contribution in [0.1, 0.15) is 22.3 Å². The van der Waals surface area contributed by atoms with Crippen molar-refractivity contribution in [3.63, 3.8) is 0 Å². The van der Waals surface area contributed by atoms with Gasteiger partial charge in [-0.25, -0.2) is 18.2 Å². The summed E-state index contributed by atoms with van der Waals surface area (Å²) >= 11 is 5.85. The van der Waals surface area contributed by atoms with Crippen LogP contribution in [0.15, 0.2) is 24.4 Å². The third kappa shape index (κ3) is 3.58. The second-order valence-electron chi connectivity index (χ2n) is 5.77. The number of carbonyl (C=O) groups excluding carboxylic acids is 1. The van der Waals surface area contributed by atoms with Gasteiger partial charge in [-0.1, -0.05) is 12.1 Å². The molecule has 2 aromatic rings. The van der Waals surface area contributed by atoms with Crippen molar-refractivity contribution in [3.8, 4) is 0 Å². The fourth-order valence-electron chi connectivity index (χ4n) is 2.89. The molecular formula is C16H17ClN4O4S. The Morgan fingerprint density at radius 2 is 2.15 bits per heavy atom. The zero-order valence-corrected chi connectivity index (χ0v) is 15.8. The Labute approximate surface area is 156 Å². The van der Waals surface area contributed by atoms with E-state index < -0.39 is 16.0 Å². The van der Waals surface area contributed by atoms with E-state index in [0.29, 0.717) is 17.9 Å². The third-order valence-corrected chi connectivity index (χ3v) is 5.34. The summed E-state index contributed by atoms with van der Waals surface area (Å²) in [7, 11) is -2.20. The maximum absolute atomic E-state index is 12.2. The number of benzene rings is 1. The summed E-state index contributed by atoms with van der Waals surface area (Å²) in [5.74, 6) is -0.488. The number of methoxy groups -OCH3 is 1. The van der Waals surface area contributed by atoms with E-state index in [0.717, 1.165) is 18.4 Å². The van der Waals surface area contributed by atoms with Crippen molar-refractivity contribution < 1.29 is 17.9 Å². The lowest BCUT2D eigenvalue weighted by atomic mass is 10.0. The Kier molecular flexibility index (Phi) is 5.01. The van der Waals surface area contributed by atoms with Crippen LogP contribution in [-0.4, -0.2) is 44.3 Å². The second-order valence-corrected chi connectivity index (χ2v) is 8.01. The minimum atomic E-state index is -3.45. The Hall–Kier alpha value is -2.39. The molecule has 1 aromatic heterocycles. The first kappa shape index (κ1) is 18.4. The minimum Gasteiger partial charge on any atom is -0.465 e. The van der Waals surface area contributed by atoms with Crippen molar-refractivity contribution in [2.45, 2.75) is 12.8 Å². The first-order valence-electron chi connectivity index (χ1n) is 7.78. The molecule has 0 spiro atoms. The lowest BCUT2D eigenvalue weighted by molar-refractivity contribution is 0.0601. The fourth-order valence-corrected chi connectivity index (χ4v) is 4.03. The number of anilines is 3. The molecule has 1 N–H and O–H groups in total. The van der Waals surface area contributed by atoms with Gasteiger partial charge in [0, 0.05) is 12.7 Å². The molecule has 0 aliphatic carbocycles. The summed E-state index contributed by atoms with van der Waals surface area (Å²) in [6.07, 6.45) is 3.91. The quantitative estimate of drug-likeness (QED) is 0.625. The predicted molar refractivity (Wildman–Crippen MR) is 98.6 cm³/mol. The summed E-state index contributed by atoms with van der Waals surface area (Å²) in [5, 5.41) is 2.97. The van der Waals surface area contributed by atoms with Crippen LogP contribution in [-0.2, 0) is 21.2 Å². The van der Waals surface area contributed by atoms with Crippen LogP contribution in [0, 0.1) is 0 Å². The number of carbonyl (C=O) groups is 1. The molecule has 0 amide bonds. The van der Waals surface area contributed by atoms with Crippen LogP contribution in [0.5, 0.6) is 0 Å². The number of fused-ring (bicyclic) bond motifs is 1. The van der Waals surface area contributed by atoms with Crippen molar-refractivity contribution >= 4 is 44.8 Å². The van der Waals surface area contributed by atoms with Crippen LogP contribution in [0.4, 0.5) is 17.2 Å². The Bertz CT molecular complexity index is 965. The highest BCUT2D eigenvalue weighted by Gasteiger charge is 2.27. The molecular weight excluding hydrogens is 380 g/mol. The van der Waals surface area contributed by atoms with E-state index in [1.165, 1.54) is 23.9 Å². The smallest absolute Gasteiger partial charge is 0.343 e. The standard InChI is InChI=1S/C16H17ClN4O4S/c1-25-15(22)11-9-18-16(17)20-14(11)19-12-7-3-5-10-6-4-8-21(13(10)12)26(2,23)24/h3,5,7,9H,4,6,8H2,1-2H3,(H,18,19,20). The van der Waals surface area contributed by atoms with E-state index in [1.807, 2.05) is 12.1 Å². The maximum atomic E-state index is 12.2. The molecule has 1 aromatic carbocycles. The molecule has 0 unspecified atom stereocenters. The van der Waals surface area contributed by atoms with Gasteiger partial charge in [-0.05, 0) is 36.1 Å². The molecule has 0 saturated carbocycles. The monoisotopic (exact) mass is 396 g/mol. The number of halogens is 1. The van der Waals surface area contributed by atoms with E-state index in [1.54, 1.807) is 6.07 Å². The van der Waals surface area contributed by atoms with Crippen molar-refractivity contribution in [3.05, 3.63) is 40.8 Å². The molecule has 1 aliphatic heterocycles. The first-order chi connectivity index (χ1) is 12.3. The number of esters is 1. The van der Waals surface area contributed by atoms with Crippen molar-refractivity contribution in [1.29, 1.82) is 0 Å². The number of nitrogens with zero attached hydrogens (tertiary/aromatic N) is 3. The zero-order valence-electron chi connectivity index (χ0n) is 14.2. The molecule has 0 radical (unpaired) electrons. The normalized spacial score (nSPS) is 13.9. The summed E-state index contributed by atoms with van der Waals surface area (Å²) in [4.78, 5) is 19.8. The fraction of sp³-hybridized carbons (Fsp3) is 0.312. The van der Waals surface area contributed by atoms with Crippen LogP contribution >= 0.6 is 11.6 Å². The van der Waals surface area contributed by atoms with E-state index in [4.69, 9.17) is 16.3 Å². The SMILES string of the molecule is COC(=O)c1cnc(Cl)nc1Nc1cccc2c1N(S(C)(=O)=O)CCC2. The highest BCUT2D eigenvalue weighted by atomic mass is 35.5. The van der Waals surface area contributed by atoms with Crippen LogP contribution in [0.3, 0.4) is 0 Å². The van der Waals surface area contributed by atoms with Crippen LogP contribution < -0.4 is 9.62 Å². The van der Waals surface area contributed by atoms with E-state index >= 15 is 0 Å². The summed E-state index contributed by atoms with van der Waals surface area (Å²) in [6.45, 7) is 0.388. The molecule has 1 aliphatic rings. The van der Waals surface area contributed by atoms with Gasteiger partial charge in [0.25, 0.3) is 0 Å². The summed E-state index contributed by atoms with van der Waals surface area (Å²) in [6, 6.07) is 5.42. The molecule has 0 saturated heterocycles. The van der Waals surface area contributed by atoms with E-state index in [2.05, 4.69) is 15.3 Å². The number of aryl methyl sites for hydroxylation is 1. The lowest BCUT2D eigenvalue weighted by Crippen LogP contribution is -2.35. The largest absolute Gasteiger partial charge is 0.465 e. The highest BCUT2D eigenvalue weighted by molar-refractivity contribution is 7.92. The average Bonchev–Trinajstić information content (AvgIpc) is 2.60. The first-order valence-corrected chi connectivity index (χ1v) is 10.0. The number of aromatic nitrogens is 2. The topological polar surface area (TPSA) is 101 Å². The molecule has 2 heterocycles. The zero-order chi connectivity index (χ0) is 18.9. The molecule has 138 valence electrons. The molecule has 3 rings (SSSR count). The molecule has 0 atom stereocenters. The van der Waals surface area contributed by atoms with Crippen molar-refractivity contribution in [2.75, 3.05) is 29.5 Å². The van der Waals surface area contributed by atoms with E-state index in [-0.39, 0.29) is 16.7 Å². The number of sulfonamides is 1. The van der Waals surface area contributed by atoms with Gasteiger partial charge >= 0.3 is 5.97 Å². The summed E-state index contributed by atoms with van der Waals surface area (Å²) in [5.41, 5.74) is 2.04. The van der Waals surface area contributed by atoms with Crippen LogP contribution in [0.2, 0.25) is 5.28 Å². The molecule has 0 bridgehead atoms. The summed E-state index contributed by atoms with van der Waals surface area (Å²) < 4.78 is 30.5. The van der Waals surface area contributed by atoms with Crippen molar-refractivity contribution in [1.82, 2.24) is 9.97 Å². The van der Waals surface area contributed by atoms with Gasteiger partial charge in [0.2, 0.25) is 15.3 Å². The Morgan fingerprint density at radius 3 is 2.85 bits per heavy atom. The number of para-hydroxylation sites is 1. The average molecular weight is 397 g/mol. The number of hydrogen-bond donors (Lipinski definition) is 1. The van der Waals surface area contributed by atoms with Crippen LogP contribution in [0.25, 0.3) is 0 Å². The van der Waals surface area contributed by atoms with Gasteiger partial charge in [0.05, 0.1) is 24.7 Å². The van der Waals surface area contributed by atoms with Gasteiger partial charge in [0.15, 0.2) is 0 Å². The second kappa shape index (κ2) is 7.08. The molecule has 26 heavy (non-hydrogen) atoms. The number of hydrogen-bond acceptors (Lipinski definition) is 7. The minimum absolute atomic E-state index is 0.0510. The van der Waals surface area contributed by atoms with Gasteiger partial charge in [-0.3, -0.25) is 4.31 Å².